The van der Waals surface area contributed by atoms with Crippen molar-refractivity contribution in [1.82, 2.24) is 0 Å². The van der Waals surface area contributed by atoms with E-state index in [9.17, 15) is 14.6 Å². The van der Waals surface area contributed by atoms with Gasteiger partial charge in [0.25, 0.3) is 0 Å². The lowest BCUT2D eigenvalue weighted by Crippen LogP contribution is -2.34. The Morgan fingerprint density at radius 3 is 2.33 bits per heavy atom. The molecule has 2 N–H and O–H groups in total. The van der Waals surface area contributed by atoms with E-state index in [2.05, 4.69) is 0 Å². The van der Waals surface area contributed by atoms with E-state index < -0.39 is 12.2 Å². The van der Waals surface area contributed by atoms with Crippen molar-refractivity contribution in [3.05, 3.63) is 35.1 Å². The summed E-state index contributed by atoms with van der Waals surface area (Å²) < 4.78 is 13.1. The van der Waals surface area contributed by atoms with Gasteiger partial charge in [-0.15, -0.1) is 0 Å². The second-order valence-electron chi connectivity index (χ2n) is 4.91. The maximum absolute atomic E-state index is 13.1. The second kappa shape index (κ2) is 6.86. The third kappa shape index (κ3) is 3.79. The molecule has 18 heavy (non-hydrogen) atoms. The number of halogens is 1. The van der Waals surface area contributed by atoms with E-state index in [1.165, 1.54) is 12.1 Å². The van der Waals surface area contributed by atoms with Gasteiger partial charge in [0.05, 0.1) is 12.2 Å². The maximum atomic E-state index is 13.1. The molecule has 1 aromatic rings. The first kappa shape index (κ1) is 15.1. The number of hydrogen-bond acceptors (Lipinski definition) is 2. The van der Waals surface area contributed by atoms with Gasteiger partial charge >= 0.3 is 0 Å². The Balaban J connectivity index is 2.74. The summed E-state index contributed by atoms with van der Waals surface area (Å²) in [6.07, 6.45) is 0.368. The van der Waals surface area contributed by atoms with Crippen molar-refractivity contribution >= 4 is 0 Å². The summed E-state index contributed by atoms with van der Waals surface area (Å²) in [6.45, 7) is 5.88. The smallest absolute Gasteiger partial charge is 0.123 e. The van der Waals surface area contributed by atoms with Crippen molar-refractivity contribution in [1.29, 1.82) is 0 Å². The van der Waals surface area contributed by atoms with E-state index in [4.69, 9.17) is 0 Å². The lowest BCUT2D eigenvalue weighted by Gasteiger charge is -2.25. The van der Waals surface area contributed by atoms with Gasteiger partial charge in [0.15, 0.2) is 0 Å². The molecule has 102 valence electrons. The van der Waals surface area contributed by atoms with Crippen LogP contribution in [0.25, 0.3) is 0 Å². The fraction of sp³-hybridized carbons (Fsp3) is 0.600. The highest BCUT2D eigenvalue weighted by Crippen LogP contribution is 2.20. The Kier molecular flexibility index (Phi) is 5.76. The fourth-order valence-electron chi connectivity index (χ4n) is 2.29. The van der Waals surface area contributed by atoms with Crippen molar-refractivity contribution in [2.75, 3.05) is 0 Å². The number of benzene rings is 1. The molecule has 2 nitrogen and oxygen atoms in total. The molecule has 0 bridgehead atoms. The molecule has 2 unspecified atom stereocenters. The molecule has 0 aliphatic rings. The van der Waals surface area contributed by atoms with E-state index in [0.29, 0.717) is 6.42 Å². The topological polar surface area (TPSA) is 40.5 Å². The van der Waals surface area contributed by atoms with Gasteiger partial charge < -0.3 is 10.2 Å². The molecule has 1 aromatic carbocycles. The molecule has 0 saturated heterocycles. The van der Waals surface area contributed by atoms with E-state index in [-0.39, 0.29) is 11.7 Å². The molecule has 0 amide bonds. The summed E-state index contributed by atoms with van der Waals surface area (Å²) >= 11 is 0. The van der Waals surface area contributed by atoms with E-state index in [1.54, 1.807) is 6.07 Å². The molecule has 0 heterocycles. The molecular weight excluding hydrogens is 231 g/mol. The van der Waals surface area contributed by atoms with Crippen LogP contribution in [-0.2, 0) is 6.42 Å². The van der Waals surface area contributed by atoms with Gasteiger partial charge in [-0.05, 0) is 36.1 Å². The summed E-state index contributed by atoms with van der Waals surface area (Å²) in [5.41, 5.74) is 1.69. The summed E-state index contributed by atoms with van der Waals surface area (Å²) in [5.74, 6) is -0.214. The standard InChI is InChI=1S/C15H23FO2/c1-4-11(5-2)15(18)14(17)9-12-8-13(16)7-6-10(12)3/h6-8,11,14-15,17-18H,4-5,9H2,1-3H3. The van der Waals surface area contributed by atoms with Gasteiger partial charge in [0.1, 0.15) is 5.82 Å². The molecule has 0 saturated carbocycles. The van der Waals surface area contributed by atoms with Crippen molar-refractivity contribution in [3.63, 3.8) is 0 Å². The summed E-state index contributed by atoms with van der Waals surface area (Å²) in [5, 5.41) is 20.1. The zero-order chi connectivity index (χ0) is 13.7. The first-order chi connectivity index (χ1) is 8.49. The van der Waals surface area contributed by atoms with Crippen LogP contribution in [0, 0.1) is 18.7 Å². The highest BCUT2D eigenvalue weighted by atomic mass is 19.1. The Morgan fingerprint density at radius 1 is 1.17 bits per heavy atom. The first-order valence-electron chi connectivity index (χ1n) is 6.60. The van der Waals surface area contributed by atoms with Gasteiger partial charge in [0.2, 0.25) is 0 Å². The van der Waals surface area contributed by atoms with Gasteiger partial charge in [-0.3, -0.25) is 0 Å². The van der Waals surface area contributed by atoms with E-state index >= 15 is 0 Å². The SMILES string of the molecule is CCC(CC)C(O)C(O)Cc1cc(F)ccc1C. The lowest BCUT2D eigenvalue weighted by atomic mass is 9.89. The normalized spacial score (nSPS) is 14.8. The molecule has 2 atom stereocenters. The van der Waals surface area contributed by atoms with Crippen LogP contribution in [0.4, 0.5) is 4.39 Å². The van der Waals surface area contributed by atoms with E-state index in [0.717, 1.165) is 24.0 Å². The van der Waals surface area contributed by atoms with Gasteiger partial charge in [-0.2, -0.15) is 0 Å². The molecule has 3 heteroatoms. The van der Waals surface area contributed by atoms with Crippen molar-refractivity contribution in [3.8, 4) is 0 Å². The number of hydrogen-bond donors (Lipinski definition) is 2. The number of rotatable bonds is 6. The number of aryl methyl sites for hydroxylation is 1. The maximum Gasteiger partial charge on any atom is 0.123 e. The van der Waals surface area contributed by atoms with Gasteiger partial charge in [0, 0.05) is 6.42 Å². The molecule has 0 aliphatic carbocycles. The molecule has 0 aromatic heterocycles. The Labute approximate surface area is 108 Å². The third-order valence-corrected chi connectivity index (χ3v) is 3.67. The molecule has 0 spiro atoms. The van der Waals surface area contributed by atoms with Crippen LogP contribution in [0.5, 0.6) is 0 Å². The molecule has 0 aliphatic heterocycles. The first-order valence-corrected chi connectivity index (χ1v) is 6.60. The zero-order valence-electron chi connectivity index (χ0n) is 11.4. The van der Waals surface area contributed by atoms with Crippen LogP contribution in [0.2, 0.25) is 0 Å². The average Bonchev–Trinajstić information content (AvgIpc) is 2.35. The minimum absolute atomic E-state index is 0.0915. The molecule has 0 radical (unpaired) electrons. The molecule has 0 fully saturated rings. The van der Waals surface area contributed by atoms with E-state index in [1.807, 2.05) is 20.8 Å². The molecular formula is C15H23FO2. The molecule has 1 rings (SSSR count). The van der Waals surface area contributed by atoms with Crippen LogP contribution in [-0.4, -0.2) is 22.4 Å². The highest BCUT2D eigenvalue weighted by Gasteiger charge is 2.24. The minimum atomic E-state index is -0.838. The van der Waals surface area contributed by atoms with Crippen LogP contribution in [0.3, 0.4) is 0 Å². The number of aliphatic hydroxyl groups is 2. The summed E-state index contributed by atoms with van der Waals surface area (Å²) in [6, 6.07) is 4.53. The van der Waals surface area contributed by atoms with Crippen molar-refractivity contribution in [2.45, 2.75) is 52.2 Å². The quantitative estimate of drug-likeness (QED) is 0.819. The van der Waals surface area contributed by atoms with Crippen molar-refractivity contribution < 1.29 is 14.6 Å². The predicted octanol–water partition coefficient (Wildman–Crippen LogP) is 2.83. The van der Waals surface area contributed by atoms with Crippen molar-refractivity contribution in [2.24, 2.45) is 5.92 Å². The fourth-order valence-corrected chi connectivity index (χ4v) is 2.29. The summed E-state index contributed by atoms with van der Waals surface area (Å²) in [7, 11) is 0. The van der Waals surface area contributed by atoms with Crippen LogP contribution >= 0.6 is 0 Å². The number of aliphatic hydroxyl groups excluding tert-OH is 2. The third-order valence-electron chi connectivity index (χ3n) is 3.67. The Bertz CT molecular complexity index is 375. The predicted molar refractivity (Wildman–Crippen MR) is 70.9 cm³/mol. The monoisotopic (exact) mass is 254 g/mol. The Hall–Kier alpha value is -0.930. The average molecular weight is 254 g/mol. The zero-order valence-corrected chi connectivity index (χ0v) is 11.4. The van der Waals surface area contributed by atoms with Crippen LogP contribution < -0.4 is 0 Å². The minimum Gasteiger partial charge on any atom is -0.390 e. The summed E-state index contributed by atoms with van der Waals surface area (Å²) in [4.78, 5) is 0. The lowest BCUT2D eigenvalue weighted by molar-refractivity contribution is -0.0188. The Morgan fingerprint density at radius 2 is 1.78 bits per heavy atom. The van der Waals surface area contributed by atoms with Gasteiger partial charge in [-0.1, -0.05) is 32.8 Å². The highest BCUT2D eigenvalue weighted by molar-refractivity contribution is 5.27. The van der Waals surface area contributed by atoms with Crippen LogP contribution in [0.15, 0.2) is 18.2 Å². The van der Waals surface area contributed by atoms with Crippen LogP contribution in [0.1, 0.15) is 37.8 Å². The largest absolute Gasteiger partial charge is 0.390 e. The second-order valence-corrected chi connectivity index (χ2v) is 4.91. The van der Waals surface area contributed by atoms with Gasteiger partial charge in [-0.25, -0.2) is 4.39 Å².